The number of fused-ring (bicyclic) bond motifs is 1. The van der Waals surface area contributed by atoms with Gasteiger partial charge in [-0.05, 0) is 35.4 Å². The molecule has 12 nitrogen and oxygen atoms in total. The van der Waals surface area contributed by atoms with Crippen LogP contribution < -0.4 is 4.90 Å². The molecule has 3 aliphatic rings. The average molecular weight is 558 g/mol. The second kappa shape index (κ2) is 9.97. The van der Waals surface area contributed by atoms with Crippen molar-refractivity contribution in [1.29, 1.82) is 0 Å². The van der Waals surface area contributed by atoms with Crippen molar-refractivity contribution in [1.82, 2.24) is 10.0 Å². The largest absolute Gasteiger partial charge is 0.271 e. The second-order valence-corrected chi connectivity index (χ2v) is 9.84. The summed E-state index contributed by atoms with van der Waals surface area (Å²) >= 11 is 5.94. The minimum Gasteiger partial charge on any atom is -0.271 e. The summed E-state index contributed by atoms with van der Waals surface area (Å²) < 4.78 is 0. The molecule has 6 rings (SSSR count). The molecule has 3 aromatic carbocycles. The molecule has 3 aromatic rings. The predicted octanol–water partition coefficient (Wildman–Crippen LogP) is 3.92. The fourth-order valence-corrected chi connectivity index (χ4v) is 5.16. The fraction of sp³-hybridized carbons (Fsp3) is 0.185. The molecule has 3 amide bonds. The van der Waals surface area contributed by atoms with Crippen LogP contribution >= 0.6 is 11.6 Å². The number of nitro benzene ring substituents is 1. The molecule has 1 saturated heterocycles. The van der Waals surface area contributed by atoms with Crippen molar-refractivity contribution < 1.29 is 19.3 Å². The molecule has 0 radical (unpaired) electrons. The van der Waals surface area contributed by atoms with E-state index in [1.165, 1.54) is 22.2 Å². The number of carbonyl (C=O) groups excluding carboxylic acids is 3. The quantitative estimate of drug-likeness (QED) is 0.255. The number of hydrazone groups is 1. The molecule has 0 unspecified atom stereocenters. The van der Waals surface area contributed by atoms with Crippen LogP contribution in [0.25, 0.3) is 0 Å². The number of imide groups is 1. The molecule has 0 spiro atoms. The minimum absolute atomic E-state index is 0.0676. The number of hydrogen-bond acceptors (Lipinski definition) is 9. The third kappa shape index (κ3) is 4.37. The average Bonchev–Trinajstić information content (AvgIpc) is 3.65. The van der Waals surface area contributed by atoms with Gasteiger partial charge < -0.3 is 0 Å². The molecule has 0 aliphatic carbocycles. The number of nitrogens with zero attached hydrogens (tertiary/aromatic N) is 7. The van der Waals surface area contributed by atoms with Crippen LogP contribution in [-0.2, 0) is 14.4 Å². The summed E-state index contributed by atoms with van der Waals surface area (Å²) in [5.41, 5.74) is 2.45. The zero-order valence-corrected chi connectivity index (χ0v) is 21.5. The van der Waals surface area contributed by atoms with Crippen LogP contribution in [0.2, 0.25) is 5.02 Å². The van der Waals surface area contributed by atoms with Gasteiger partial charge in [-0.1, -0.05) is 59.3 Å². The number of halogens is 1. The Morgan fingerprint density at radius 2 is 1.68 bits per heavy atom. The molecule has 200 valence electrons. The summed E-state index contributed by atoms with van der Waals surface area (Å²) in [4.78, 5) is 51.6. The van der Waals surface area contributed by atoms with Crippen LogP contribution in [0.15, 0.2) is 94.3 Å². The maximum Gasteiger partial charge on any atom is 0.269 e. The first-order valence-corrected chi connectivity index (χ1v) is 12.7. The first kappa shape index (κ1) is 25.3. The van der Waals surface area contributed by atoms with Crippen LogP contribution in [0.5, 0.6) is 0 Å². The number of amides is 3. The molecule has 13 heteroatoms. The highest BCUT2D eigenvalue weighted by atomic mass is 35.5. The van der Waals surface area contributed by atoms with Gasteiger partial charge in [0.1, 0.15) is 6.54 Å². The Labute approximate surface area is 232 Å². The number of benzene rings is 3. The van der Waals surface area contributed by atoms with Crippen LogP contribution in [0.1, 0.15) is 23.6 Å². The third-order valence-corrected chi connectivity index (χ3v) is 7.25. The third-order valence-electron chi connectivity index (χ3n) is 7.00. The Kier molecular flexibility index (Phi) is 6.31. The molecule has 3 atom stereocenters. The van der Waals surface area contributed by atoms with Crippen LogP contribution in [0.3, 0.4) is 0 Å². The molecule has 0 N–H and O–H groups in total. The van der Waals surface area contributed by atoms with E-state index in [1.54, 1.807) is 36.4 Å². The van der Waals surface area contributed by atoms with Gasteiger partial charge in [-0.15, -0.1) is 0 Å². The Balaban J connectivity index is 1.26. The summed E-state index contributed by atoms with van der Waals surface area (Å²) in [5.74, 6) is -1.55. The van der Waals surface area contributed by atoms with Gasteiger partial charge in [-0.25, -0.2) is 9.91 Å². The Morgan fingerprint density at radius 1 is 0.975 bits per heavy atom. The van der Waals surface area contributed by atoms with Gasteiger partial charge in [-0.2, -0.15) is 10.2 Å². The van der Waals surface area contributed by atoms with Gasteiger partial charge in [0.05, 0.1) is 22.4 Å². The maximum absolute atomic E-state index is 13.6. The van der Waals surface area contributed by atoms with Crippen molar-refractivity contribution in [3.63, 3.8) is 0 Å². The zero-order chi connectivity index (χ0) is 28.0. The van der Waals surface area contributed by atoms with Gasteiger partial charge in [0.25, 0.3) is 23.4 Å². The molecule has 40 heavy (non-hydrogen) atoms. The van der Waals surface area contributed by atoms with Crippen molar-refractivity contribution in [3.05, 3.63) is 105 Å². The van der Waals surface area contributed by atoms with E-state index in [0.29, 0.717) is 28.4 Å². The summed E-state index contributed by atoms with van der Waals surface area (Å²) in [6.07, 6.45) is 0.378. The van der Waals surface area contributed by atoms with E-state index in [0.717, 1.165) is 10.5 Å². The van der Waals surface area contributed by atoms with Crippen molar-refractivity contribution in [3.8, 4) is 0 Å². The standard InChI is InChI=1S/C27H20ClN7O5/c28-18-8-12-19(13-9-18)33-26(37)24-25(27(33)38)32(31-29-24)15-23(36)34-22(17-6-10-20(11-7-17)35(39)40)14-21(30-34)16-4-2-1-3-5-16/h1-13,22,24-25H,14-15H2/t22-,24-,25+/m0/s1. The molecule has 0 saturated carbocycles. The fourth-order valence-electron chi connectivity index (χ4n) is 5.03. The summed E-state index contributed by atoms with van der Waals surface area (Å²) in [6, 6.07) is 18.9. The number of hydrogen-bond donors (Lipinski definition) is 0. The molecular formula is C27H20ClN7O5. The predicted molar refractivity (Wildman–Crippen MR) is 143 cm³/mol. The highest BCUT2D eigenvalue weighted by Gasteiger charge is 2.55. The lowest BCUT2D eigenvalue weighted by atomic mass is 9.98. The van der Waals surface area contributed by atoms with Crippen LogP contribution in [0.4, 0.5) is 11.4 Å². The summed E-state index contributed by atoms with van der Waals surface area (Å²) in [6.45, 7) is -0.354. The lowest BCUT2D eigenvalue weighted by Gasteiger charge is -2.25. The van der Waals surface area contributed by atoms with Gasteiger partial charge in [0.2, 0.25) is 0 Å². The van der Waals surface area contributed by atoms with Crippen molar-refractivity contribution >= 4 is 46.4 Å². The van der Waals surface area contributed by atoms with E-state index >= 15 is 0 Å². The zero-order valence-electron chi connectivity index (χ0n) is 20.7. The number of nitro groups is 1. The van der Waals surface area contributed by atoms with Crippen molar-refractivity contribution in [2.45, 2.75) is 24.5 Å². The van der Waals surface area contributed by atoms with E-state index in [4.69, 9.17) is 11.6 Å². The number of non-ortho nitro benzene ring substituents is 1. The molecule has 0 aromatic heterocycles. The smallest absolute Gasteiger partial charge is 0.269 e. The topological polar surface area (TPSA) is 141 Å². The Bertz CT molecular complexity index is 1580. The Morgan fingerprint density at radius 3 is 2.35 bits per heavy atom. The molecule has 0 bridgehead atoms. The number of carbonyl (C=O) groups is 3. The highest BCUT2D eigenvalue weighted by molar-refractivity contribution is 6.31. The Hall–Kier alpha value is -4.97. The van der Waals surface area contributed by atoms with E-state index in [1.807, 2.05) is 30.3 Å². The van der Waals surface area contributed by atoms with E-state index in [2.05, 4.69) is 15.4 Å². The van der Waals surface area contributed by atoms with Gasteiger partial charge in [0.15, 0.2) is 12.1 Å². The molecular weight excluding hydrogens is 538 g/mol. The highest BCUT2D eigenvalue weighted by Crippen LogP contribution is 2.36. The normalized spacial score (nSPS) is 21.7. The van der Waals surface area contributed by atoms with Crippen molar-refractivity contribution in [2.75, 3.05) is 11.4 Å². The second-order valence-electron chi connectivity index (χ2n) is 9.40. The maximum atomic E-state index is 13.6. The molecule has 1 fully saturated rings. The number of anilines is 1. The number of rotatable bonds is 6. The van der Waals surface area contributed by atoms with Gasteiger partial charge in [-0.3, -0.25) is 29.5 Å². The van der Waals surface area contributed by atoms with Crippen LogP contribution in [0, 0.1) is 10.1 Å². The monoisotopic (exact) mass is 557 g/mol. The minimum atomic E-state index is -1.07. The van der Waals surface area contributed by atoms with Gasteiger partial charge in [0, 0.05) is 23.6 Å². The van der Waals surface area contributed by atoms with E-state index in [9.17, 15) is 24.5 Å². The van der Waals surface area contributed by atoms with Crippen LogP contribution in [-0.4, -0.2) is 57.0 Å². The SMILES string of the molecule is O=C1[C@H]2N=NN(CC(=O)N3N=C(c4ccccc4)C[C@H]3c3ccc([N+](=O)[O-])cc3)[C@H]2C(=O)N1c1ccc(Cl)cc1. The summed E-state index contributed by atoms with van der Waals surface area (Å²) in [5, 5.41) is 26.7. The molecule has 3 heterocycles. The van der Waals surface area contributed by atoms with Gasteiger partial charge >= 0.3 is 0 Å². The lowest BCUT2D eigenvalue weighted by molar-refractivity contribution is -0.384. The van der Waals surface area contributed by atoms with E-state index < -0.39 is 40.8 Å². The van der Waals surface area contributed by atoms with E-state index in [-0.39, 0.29) is 12.2 Å². The van der Waals surface area contributed by atoms with Crippen molar-refractivity contribution in [2.24, 2.45) is 15.4 Å². The first-order chi connectivity index (χ1) is 19.3. The first-order valence-electron chi connectivity index (χ1n) is 12.3. The summed E-state index contributed by atoms with van der Waals surface area (Å²) in [7, 11) is 0. The lowest BCUT2D eigenvalue weighted by Crippen LogP contribution is -2.44. The molecule has 3 aliphatic heterocycles.